The fourth-order valence-corrected chi connectivity index (χ4v) is 2.33. The second-order valence-electron chi connectivity index (χ2n) is 5.55. The van der Waals surface area contributed by atoms with E-state index in [-0.39, 0.29) is 11.9 Å². The highest BCUT2D eigenvalue weighted by Crippen LogP contribution is 2.18. The van der Waals surface area contributed by atoms with Crippen molar-refractivity contribution in [3.8, 4) is 0 Å². The third-order valence-corrected chi connectivity index (χ3v) is 3.57. The number of hydrogen-bond donors (Lipinski definition) is 2. The molecule has 1 aromatic carbocycles. The van der Waals surface area contributed by atoms with E-state index in [9.17, 15) is 4.79 Å². The van der Waals surface area contributed by atoms with E-state index < -0.39 is 0 Å². The average Bonchev–Trinajstić information content (AvgIpc) is 2.90. The van der Waals surface area contributed by atoms with Crippen LogP contribution in [0.25, 0.3) is 0 Å². The summed E-state index contributed by atoms with van der Waals surface area (Å²) >= 11 is 0. The van der Waals surface area contributed by atoms with Crippen LogP contribution in [0.15, 0.2) is 42.6 Å². The van der Waals surface area contributed by atoms with Crippen LogP contribution < -0.4 is 5.32 Å². The zero-order valence-electron chi connectivity index (χ0n) is 12.9. The van der Waals surface area contributed by atoms with Gasteiger partial charge in [-0.1, -0.05) is 30.3 Å². The lowest BCUT2D eigenvalue weighted by Gasteiger charge is -2.21. The summed E-state index contributed by atoms with van der Waals surface area (Å²) in [6.07, 6.45) is 2.67. The van der Waals surface area contributed by atoms with Crippen LogP contribution in [0.3, 0.4) is 0 Å². The van der Waals surface area contributed by atoms with Crippen molar-refractivity contribution in [1.29, 1.82) is 0 Å². The molecule has 4 nitrogen and oxygen atoms in total. The van der Waals surface area contributed by atoms with Crippen LogP contribution in [0.5, 0.6) is 0 Å². The summed E-state index contributed by atoms with van der Waals surface area (Å²) in [6.45, 7) is 2.83. The molecule has 0 unspecified atom stereocenters. The topological polar surface area (TPSA) is 48.1 Å². The average molecular weight is 285 g/mol. The minimum atomic E-state index is -0.0265. The summed E-state index contributed by atoms with van der Waals surface area (Å²) in [5.74, 6) is -0.0265. The fraction of sp³-hybridized carbons (Fsp3) is 0.353. The number of carbonyl (C=O) groups excluding carboxylic acids is 1. The first kappa shape index (κ1) is 15.3. The molecule has 0 saturated carbocycles. The molecule has 2 aromatic rings. The Labute approximate surface area is 126 Å². The molecule has 1 heterocycles. The molecule has 1 aromatic heterocycles. The van der Waals surface area contributed by atoms with Gasteiger partial charge in [0.25, 0.3) is 5.91 Å². The van der Waals surface area contributed by atoms with E-state index in [0.29, 0.717) is 5.56 Å². The summed E-state index contributed by atoms with van der Waals surface area (Å²) in [5.41, 5.74) is 2.74. The van der Waals surface area contributed by atoms with Crippen molar-refractivity contribution < 1.29 is 4.79 Å². The zero-order valence-corrected chi connectivity index (χ0v) is 12.9. The van der Waals surface area contributed by atoms with E-state index in [1.807, 2.05) is 45.3 Å². The van der Waals surface area contributed by atoms with Gasteiger partial charge in [0, 0.05) is 11.9 Å². The molecule has 0 radical (unpaired) electrons. The lowest BCUT2D eigenvalue weighted by molar-refractivity contribution is 0.0932. The molecule has 0 fully saturated rings. The number of aromatic amines is 1. The van der Waals surface area contributed by atoms with Crippen LogP contribution in [0.4, 0.5) is 0 Å². The number of amides is 1. The summed E-state index contributed by atoms with van der Waals surface area (Å²) in [7, 11) is 4.08. The number of benzene rings is 1. The van der Waals surface area contributed by atoms with E-state index in [4.69, 9.17) is 0 Å². The number of carbonyl (C=O) groups is 1. The maximum atomic E-state index is 12.4. The van der Waals surface area contributed by atoms with Crippen molar-refractivity contribution in [3.63, 3.8) is 0 Å². The highest BCUT2D eigenvalue weighted by molar-refractivity contribution is 5.95. The Morgan fingerprint density at radius 2 is 1.95 bits per heavy atom. The molecular formula is C17H23N3O. The van der Waals surface area contributed by atoms with Gasteiger partial charge in [-0.25, -0.2) is 0 Å². The van der Waals surface area contributed by atoms with Crippen LogP contribution in [-0.4, -0.2) is 36.4 Å². The molecule has 2 rings (SSSR count). The number of aromatic nitrogens is 1. The van der Waals surface area contributed by atoms with E-state index in [1.54, 1.807) is 6.20 Å². The minimum Gasteiger partial charge on any atom is -0.365 e. The van der Waals surface area contributed by atoms with Crippen LogP contribution >= 0.6 is 0 Å². The molecule has 0 bridgehead atoms. The Balaban J connectivity index is 2.12. The molecule has 1 atom stereocenters. The molecule has 21 heavy (non-hydrogen) atoms. The molecule has 0 aliphatic rings. The molecule has 0 saturated heterocycles. The second kappa shape index (κ2) is 7.09. The second-order valence-corrected chi connectivity index (χ2v) is 5.55. The Kier molecular flexibility index (Phi) is 5.17. The predicted molar refractivity (Wildman–Crippen MR) is 85.3 cm³/mol. The van der Waals surface area contributed by atoms with Crippen molar-refractivity contribution >= 4 is 5.91 Å². The van der Waals surface area contributed by atoms with Gasteiger partial charge in [0.15, 0.2) is 0 Å². The quantitative estimate of drug-likeness (QED) is 0.857. The lowest BCUT2D eigenvalue weighted by Crippen LogP contribution is -2.31. The van der Waals surface area contributed by atoms with Crippen LogP contribution in [0.1, 0.15) is 34.1 Å². The minimum absolute atomic E-state index is 0.0235. The summed E-state index contributed by atoms with van der Waals surface area (Å²) in [6, 6.07) is 12.0. The van der Waals surface area contributed by atoms with E-state index in [0.717, 1.165) is 24.2 Å². The zero-order chi connectivity index (χ0) is 15.2. The maximum Gasteiger partial charge on any atom is 0.253 e. The molecule has 0 aliphatic heterocycles. The van der Waals surface area contributed by atoms with Crippen LogP contribution in [0.2, 0.25) is 0 Å². The summed E-state index contributed by atoms with van der Waals surface area (Å²) < 4.78 is 0. The number of hydrogen-bond acceptors (Lipinski definition) is 2. The molecule has 4 heteroatoms. The van der Waals surface area contributed by atoms with Crippen molar-refractivity contribution in [3.05, 3.63) is 59.4 Å². The molecule has 1 amide bonds. The smallest absolute Gasteiger partial charge is 0.253 e. The van der Waals surface area contributed by atoms with Gasteiger partial charge in [-0.15, -0.1) is 0 Å². The van der Waals surface area contributed by atoms with E-state index in [2.05, 4.69) is 27.3 Å². The van der Waals surface area contributed by atoms with Crippen LogP contribution in [0, 0.1) is 6.92 Å². The fourth-order valence-electron chi connectivity index (χ4n) is 2.33. The first-order chi connectivity index (χ1) is 10.1. The Bertz CT molecular complexity index is 575. The Morgan fingerprint density at radius 3 is 2.52 bits per heavy atom. The molecule has 2 N–H and O–H groups in total. The number of aryl methyl sites for hydroxylation is 1. The van der Waals surface area contributed by atoms with Crippen molar-refractivity contribution in [2.45, 2.75) is 19.4 Å². The highest BCUT2D eigenvalue weighted by Gasteiger charge is 2.17. The van der Waals surface area contributed by atoms with Gasteiger partial charge >= 0.3 is 0 Å². The number of rotatable bonds is 6. The standard InChI is InChI=1S/C17H23N3O/c1-13-15(9-11-18-13)17(21)19-16(10-12-20(2)3)14-7-5-4-6-8-14/h4-9,11,16,18H,10,12H2,1-3H3,(H,19,21)/t16-/m1/s1. The lowest BCUT2D eigenvalue weighted by atomic mass is 10.0. The van der Waals surface area contributed by atoms with Gasteiger partial charge in [0.05, 0.1) is 11.6 Å². The van der Waals surface area contributed by atoms with Crippen molar-refractivity contribution in [1.82, 2.24) is 15.2 Å². The summed E-state index contributed by atoms with van der Waals surface area (Å²) in [4.78, 5) is 17.6. The molecular weight excluding hydrogens is 262 g/mol. The van der Waals surface area contributed by atoms with Gasteiger partial charge in [-0.3, -0.25) is 4.79 Å². The number of nitrogens with zero attached hydrogens (tertiary/aromatic N) is 1. The predicted octanol–water partition coefficient (Wildman–Crippen LogP) is 2.75. The van der Waals surface area contributed by atoms with Crippen molar-refractivity contribution in [2.75, 3.05) is 20.6 Å². The van der Waals surface area contributed by atoms with Gasteiger partial charge in [-0.2, -0.15) is 0 Å². The number of H-pyrrole nitrogens is 1. The van der Waals surface area contributed by atoms with Crippen molar-refractivity contribution in [2.24, 2.45) is 0 Å². The maximum absolute atomic E-state index is 12.4. The summed E-state index contributed by atoms with van der Waals surface area (Å²) in [5, 5.41) is 3.15. The third kappa shape index (κ3) is 4.20. The largest absolute Gasteiger partial charge is 0.365 e. The molecule has 112 valence electrons. The van der Waals surface area contributed by atoms with Crippen LogP contribution in [-0.2, 0) is 0 Å². The monoisotopic (exact) mass is 285 g/mol. The van der Waals surface area contributed by atoms with E-state index >= 15 is 0 Å². The Morgan fingerprint density at radius 1 is 1.24 bits per heavy atom. The highest BCUT2D eigenvalue weighted by atomic mass is 16.1. The van der Waals surface area contributed by atoms with Gasteiger partial charge in [0.1, 0.15) is 0 Å². The van der Waals surface area contributed by atoms with E-state index in [1.165, 1.54) is 0 Å². The normalized spacial score (nSPS) is 12.4. The first-order valence-corrected chi connectivity index (χ1v) is 7.22. The van der Waals surface area contributed by atoms with Gasteiger partial charge < -0.3 is 15.2 Å². The number of nitrogens with one attached hydrogen (secondary N) is 2. The Hall–Kier alpha value is -2.07. The van der Waals surface area contributed by atoms with Gasteiger partial charge in [0.2, 0.25) is 0 Å². The molecule has 0 spiro atoms. The SMILES string of the molecule is Cc1[nH]ccc1C(=O)N[C@H](CCN(C)C)c1ccccc1. The molecule has 0 aliphatic carbocycles. The first-order valence-electron chi connectivity index (χ1n) is 7.22. The van der Waals surface area contributed by atoms with Gasteiger partial charge in [-0.05, 0) is 45.6 Å². The third-order valence-electron chi connectivity index (χ3n) is 3.57.